The molecule has 0 amide bonds. The van der Waals surface area contributed by atoms with Crippen molar-refractivity contribution in [3.8, 4) is 0 Å². The van der Waals surface area contributed by atoms with Crippen molar-refractivity contribution in [2.75, 3.05) is 54.4 Å². The molecule has 0 aromatic rings. The summed E-state index contributed by atoms with van der Waals surface area (Å²) in [6, 6.07) is 0. The minimum Gasteiger partial charge on any atom is -0.394 e. The first-order chi connectivity index (χ1) is 18.5. The van der Waals surface area contributed by atoms with Gasteiger partial charge in [0.1, 0.15) is 48.8 Å². The van der Waals surface area contributed by atoms with Crippen molar-refractivity contribution >= 4 is 0 Å². The van der Waals surface area contributed by atoms with Gasteiger partial charge in [-0.2, -0.15) is 0 Å². The van der Waals surface area contributed by atoms with E-state index in [4.69, 9.17) is 42.6 Å². The molecule has 10 atom stereocenters. The fourth-order valence-corrected chi connectivity index (χ4v) is 4.73. The van der Waals surface area contributed by atoms with E-state index in [1.807, 2.05) is 0 Å². The second kappa shape index (κ2) is 18.8. The average molecular weight is 553 g/mol. The van der Waals surface area contributed by atoms with E-state index in [0.717, 1.165) is 38.5 Å². The van der Waals surface area contributed by atoms with Gasteiger partial charge in [0.15, 0.2) is 12.6 Å². The molecule has 0 aromatic carbocycles. The van der Waals surface area contributed by atoms with Crippen molar-refractivity contribution in [2.24, 2.45) is 0 Å². The SMILES string of the molecule is CCCCOCC1O[C@H](OC)C(OCCCC)[C@@H](OCCCC)[C@@H]1O[C@@H]1OC(CO)[C@@H](O)C(OC)[C@@H]1OC. The summed E-state index contributed by atoms with van der Waals surface area (Å²) in [5, 5.41) is 20.5. The van der Waals surface area contributed by atoms with Crippen LogP contribution in [0, 0.1) is 0 Å². The van der Waals surface area contributed by atoms with Crippen LogP contribution in [0.15, 0.2) is 0 Å². The van der Waals surface area contributed by atoms with Crippen LogP contribution in [0.4, 0.5) is 0 Å². The summed E-state index contributed by atoms with van der Waals surface area (Å²) >= 11 is 0. The number of hydrogen-bond donors (Lipinski definition) is 2. The highest BCUT2D eigenvalue weighted by Crippen LogP contribution is 2.34. The Kier molecular flexibility index (Phi) is 16.7. The summed E-state index contributed by atoms with van der Waals surface area (Å²) in [7, 11) is 4.56. The topological polar surface area (TPSA) is 124 Å². The largest absolute Gasteiger partial charge is 0.394 e. The summed E-state index contributed by atoms with van der Waals surface area (Å²) < 4.78 is 54.4. The van der Waals surface area contributed by atoms with E-state index in [9.17, 15) is 10.2 Å². The molecule has 2 rings (SSSR count). The Balaban J connectivity index is 2.38. The fraction of sp³-hybridized carbons (Fsp3) is 1.00. The Labute approximate surface area is 228 Å². The Morgan fingerprint density at radius 2 is 1.21 bits per heavy atom. The lowest BCUT2D eigenvalue weighted by atomic mass is 9.96. The van der Waals surface area contributed by atoms with Gasteiger partial charge in [0.25, 0.3) is 0 Å². The van der Waals surface area contributed by atoms with E-state index in [1.165, 1.54) is 14.2 Å². The molecule has 226 valence electrons. The summed E-state index contributed by atoms with van der Waals surface area (Å²) in [4.78, 5) is 0. The Bertz CT molecular complexity index is 597. The van der Waals surface area contributed by atoms with Crippen LogP contribution in [0.1, 0.15) is 59.3 Å². The third-order valence-corrected chi connectivity index (χ3v) is 7.00. The quantitative estimate of drug-likeness (QED) is 0.229. The monoisotopic (exact) mass is 552 g/mol. The highest BCUT2D eigenvalue weighted by molar-refractivity contribution is 4.96. The molecule has 2 fully saturated rings. The lowest BCUT2D eigenvalue weighted by Gasteiger charge is -2.49. The second-order valence-corrected chi connectivity index (χ2v) is 9.80. The van der Waals surface area contributed by atoms with Crippen LogP contribution in [-0.2, 0) is 42.6 Å². The molecule has 11 nitrogen and oxygen atoms in total. The molecule has 2 aliphatic rings. The van der Waals surface area contributed by atoms with Crippen LogP contribution < -0.4 is 0 Å². The van der Waals surface area contributed by atoms with Crippen LogP contribution in [0.2, 0.25) is 0 Å². The molecule has 0 saturated carbocycles. The molecule has 0 aliphatic carbocycles. The number of ether oxygens (including phenoxy) is 9. The van der Waals surface area contributed by atoms with Crippen molar-refractivity contribution in [2.45, 2.75) is 121 Å². The van der Waals surface area contributed by atoms with Crippen molar-refractivity contribution < 1.29 is 52.8 Å². The lowest BCUT2D eigenvalue weighted by Crippen LogP contribution is -2.66. The van der Waals surface area contributed by atoms with Crippen LogP contribution >= 0.6 is 0 Å². The van der Waals surface area contributed by atoms with Gasteiger partial charge in [-0.25, -0.2) is 0 Å². The number of aliphatic hydroxyl groups excluding tert-OH is 2. The molecule has 2 heterocycles. The number of aliphatic hydroxyl groups is 2. The van der Waals surface area contributed by atoms with Crippen LogP contribution in [0.5, 0.6) is 0 Å². The van der Waals surface area contributed by atoms with Crippen molar-refractivity contribution in [3.05, 3.63) is 0 Å². The highest BCUT2D eigenvalue weighted by atomic mass is 16.8. The number of unbranched alkanes of at least 4 members (excludes halogenated alkanes) is 3. The van der Waals surface area contributed by atoms with Gasteiger partial charge in [0.2, 0.25) is 0 Å². The van der Waals surface area contributed by atoms with Gasteiger partial charge in [0.05, 0.1) is 13.2 Å². The zero-order chi connectivity index (χ0) is 27.9. The average Bonchev–Trinajstić information content (AvgIpc) is 2.93. The molecule has 0 spiro atoms. The van der Waals surface area contributed by atoms with Crippen LogP contribution in [0.3, 0.4) is 0 Å². The summed E-state index contributed by atoms with van der Waals surface area (Å²) in [5.41, 5.74) is 0. The number of rotatable bonds is 19. The second-order valence-electron chi connectivity index (χ2n) is 9.80. The summed E-state index contributed by atoms with van der Waals surface area (Å²) in [6.45, 7) is 7.76. The van der Waals surface area contributed by atoms with Crippen LogP contribution in [-0.4, -0.2) is 126 Å². The van der Waals surface area contributed by atoms with Gasteiger partial charge in [-0.15, -0.1) is 0 Å². The van der Waals surface area contributed by atoms with E-state index in [-0.39, 0.29) is 6.61 Å². The predicted molar refractivity (Wildman–Crippen MR) is 139 cm³/mol. The number of methoxy groups -OCH3 is 3. The first kappa shape index (κ1) is 33.8. The zero-order valence-electron chi connectivity index (χ0n) is 24.1. The van der Waals surface area contributed by atoms with E-state index >= 15 is 0 Å². The predicted octanol–water partition coefficient (Wildman–Crippen LogP) is 2.04. The minimum atomic E-state index is -1.09. The molecule has 0 bridgehead atoms. The molecular formula is C27H52O11. The van der Waals surface area contributed by atoms with Crippen molar-refractivity contribution in [1.29, 1.82) is 0 Å². The molecule has 0 aromatic heterocycles. The lowest BCUT2D eigenvalue weighted by molar-refractivity contribution is -0.367. The number of hydrogen-bond acceptors (Lipinski definition) is 11. The molecule has 38 heavy (non-hydrogen) atoms. The normalized spacial score (nSPS) is 36.0. The highest BCUT2D eigenvalue weighted by Gasteiger charge is 2.53. The molecule has 0 radical (unpaired) electrons. The molecule has 11 heteroatoms. The standard InChI is InChI=1S/C27H52O11/c1-7-10-13-33-17-19-21(38-27-24(31-5)22(30-4)20(29)18(16-28)36-27)23(34-14-11-8-2)25(26(32-6)37-19)35-15-12-9-3/h18-29H,7-17H2,1-6H3/t18?,19?,20-,21-,22?,23+,24+,25?,26+,27+/m1/s1. The van der Waals surface area contributed by atoms with Gasteiger partial charge >= 0.3 is 0 Å². The van der Waals surface area contributed by atoms with Crippen molar-refractivity contribution in [3.63, 3.8) is 0 Å². The first-order valence-electron chi connectivity index (χ1n) is 14.2. The molecule has 2 aliphatic heterocycles. The maximum absolute atomic E-state index is 10.6. The third kappa shape index (κ3) is 9.31. The molecule has 2 saturated heterocycles. The van der Waals surface area contributed by atoms with E-state index in [2.05, 4.69) is 20.8 Å². The van der Waals surface area contributed by atoms with Crippen LogP contribution in [0.25, 0.3) is 0 Å². The van der Waals surface area contributed by atoms with Crippen molar-refractivity contribution in [1.82, 2.24) is 0 Å². The van der Waals surface area contributed by atoms with Gasteiger partial charge in [0, 0.05) is 41.2 Å². The zero-order valence-corrected chi connectivity index (χ0v) is 24.1. The van der Waals surface area contributed by atoms with Gasteiger partial charge in [-0.3, -0.25) is 0 Å². The Morgan fingerprint density at radius 1 is 0.632 bits per heavy atom. The maximum atomic E-state index is 10.6. The van der Waals surface area contributed by atoms with Gasteiger partial charge in [-0.1, -0.05) is 40.0 Å². The molecular weight excluding hydrogens is 500 g/mol. The summed E-state index contributed by atoms with van der Waals surface area (Å²) in [6.07, 6.45) is -1.92. The van der Waals surface area contributed by atoms with Gasteiger partial charge < -0.3 is 52.8 Å². The van der Waals surface area contributed by atoms with Gasteiger partial charge in [-0.05, 0) is 19.3 Å². The maximum Gasteiger partial charge on any atom is 0.187 e. The minimum absolute atomic E-state index is 0.254. The third-order valence-electron chi connectivity index (χ3n) is 7.00. The fourth-order valence-electron chi connectivity index (χ4n) is 4.73. The van der Waals surface area contributed by atoms with E-state index in [1.54, 1.807) is 7.11 Å². The first-order valence-corrected chi connectivity index (χ1v) is 14.2. The van der Waals surface area contributed by atoms with E-state index < -0.39 is 68.0 Å². The smallest absolute Gasteiger partial charge is 0.187 e. The Morgan fingerprint density at radius 3 is 1.76 bits per heavy atom. The molecule has 2 N–H and O–H groups in total. The van der Waals surface area contributed by atoms with E-state index in [0.29, 0.717) is 19.8 Å². The Hall–Kier alpha value is -0.440. The molecule has 4 unspecified atom stereocenters. The summed E-state index contributed by atoms with van der Waals surface area (Å²) in [5.74, 6) is 0.